The second kappa shape index (κ2) is 6.33. The van der Waals surface area contributed by atoms with E-state index >= 15 is 0 Å². The van der Waals surface area contributed by atoms with Gasteiger partial charge in [-0.25, -0.2) is 0 Å². The molecule has 0 radical (unpaired) electrons. The predicted molar refractivity (Wildman–Crippen MR) is 72.6 cm³/mol. The summed E-state index contributed by atoms with van der Waals surface area (Å²) in [5, 5.41) is 4.99. The molecule has 1 heterocycles. The Bertz CT molecular complexity index is 482. The van der Waals surface area contributed by atoms with E-state index in [1.165, 1.54) is 7.11 Å². The number of thiophene rings is 1. The first-order valence-electron chi connectivity index (χ1n) is 5.68. The van der Waals surface area contributed by atoms with Crippen LogP contribution in [0.4, 0.5) is 0 Å². The fraction of sp³-hybridized carbons (Fsp3) is 0.214. The van der Waals surface area contributed by atoms with Crippen LogP contribution in [0.1, 0.15) is 16.5 Å². The zero-order valence-electron chi connectivity index (χ0n) is 10.1. The quantitative estimate of drug-likeness (QED) is 0.898. The van der Waals surface area contributed by atoms with Gasteiger partial charge >= 0.3 is 0 Å². The zero-order chi connectivity index (χ0) is 12.8. The maximum absolute atomic E-state index is 11.7. The minimum atomic E-state index is -0.111. The zero-order valence-corrected chi connectivity index (χ0v) is 10.9. The van der Waals surface area contributed by atoms with Crippen LogP contribution in [0, 0.1) is 0 Å². The van der Waals surface area contributed by atoms with Crippen LogP contribution in [0.3, 0.4) is 0 Å². The van der Waals surface area contributed by atoms with Gasteiger partial charge in [0.15, 0.2) is 0 Å². The molecule has 0 saturated carbocycles. The Kier molecular flexibility index (Phi) is 4.50. The molecule has 1 aromatic heterocycles. The average Bonchev–Trinajstić information content (AvgIpc) is 2.91. The normalized spacial score (nSPS) is 12.1. The number of carbonyl (C=O) groups excluding carboxylic acids is 1. The summed E-state index contributed by atoms with van der Waals surface area (Å²) < 4.78 is 4.85. The molecule has 4 heteroatoms. The van der Waals surface area contributed by atoms with Crippen molar-refractivity contribution in [2.45, 2.75) is 6.04 Å². The summed E-state index contributed by atoms with van der Waals surface area (Å²) in [6.07, 6.45) is 0. The lowest BCUT2D eigenvalue weighted by Gasteiger charge is -2.17. The second-order valence-electron chi connectivity index (χ2n) is 3.86. The Morgan fingerprint density at radius 1 is 1.28 bits per heavy atom. The Morgan fingerprint density at radius 2 is 2.06 bits per heavy atom. The Labute approximate surface area is 110 Å². The largest absolute Gasteiger partial charge is 0.375 e. The highest BCUT2D eigenvalue weighted by atomic mass is 32.1. The number of hydrogen-bond donors (Lipinski definition) is 1. The van der Waals surface area contributed by atoms with Crippen LogP contribution >= 0.6 is 11.3 Å². The summed E-state index contributed by atoms with van der Waals surface area (Å²) in [5.74, 6) is -0.111. The first kappa shape index (κ1) is 12.8. The molecule has 18 heavy (non-hydrogen) atoms. The van der Waals surface area contributed by atoms with Gasteiger partial charge in [0.2, 0.25) is 5.91 Å². The molecule has 2 aromatic rings. The SMILES string of the molecule is COCC(=O)N[C@H](c1ccccc1)c1cccs1. The topological polar surface area (TPSA) is 38.3 Å². The fourth-order valence-corrected chi connectivity index (χ4v) is 2.56. The van der Waals surface area contributed by atoms with E-state index in [1.54, 1.807) is 11.3 Å². The van der Waals surface area contributed by atoms with Gasteiger partial charge in [-0.1, -0.05) is 36.4 Å². The van der Waals surface area contributed by atoms with Gasteiger partial charge in [-0.15, -0.1) is 11.3 Å². The van der Waals surface area contributed by atoms with Gasteiger partial charge in [-0.05, 0) is 17.0 Å². The number of hydrogen-bond acceptors (Lipinski definition) is 3. The maximum atomic E-state index is 11.7. The van der Waals surface area contributed by atoms with E-state index in [1.807, 2.05) is 47.8 Å². The number of amides is 1. The highest BCUT2D eigenvalue weighted by Gasteiger charge is 2.17. The third kappa shape index (κ3) is 3.18. The molecule has 0 aliphatic rings. The molecule has 0 unspecified atom stereocenters. The van der Waals surface area contributed by atoms with Gasteiger partial charge in [0.1, 0.15) is 6.61 Å². The van der Waals surface area contributed by atoms with Gasteiger partial charge in [0, 0.05) is 12.0 Å². The molecule has 3 nitrogen and oxygen atoms in total. The van der Waals surface area contributed by atoms with Gasteiger partial charge < -0.3 is 10.1 Å². The summed E-state index contributed by atoms with van der Waals surface area (Å²) in [7, 11) is 1.52. The summed E-state index contributed by atoms with van der Waals surface area (Å²) in [6, 6.07) is 13.8. The van der Waals surface area contributed by atoms with Crippen molar-refractivity contribution in [3.63, 3.8) is 0 Å². The Balaban J connectivity index is 2.22. The minimum absolute atomic E-state index is 0.0781. The number of ether oxygens (including phenoxy) is 1. The van der Waals surface area contributed by atoms with E-state index in [0.29, 0.717) is 0 Å². The van der Waals surface area contributed by atoms with Crippen molar-refractivity contribution in [3.8, 4) is 0 Å². The molecule has 0 aliphatic heterocycles. The van der Waals surface area contributed by atoms with E-state index in [0.717, 1.165) is 10.4 Å². The highest BCUT2D eigenvalue weighted by Crippen LogP contribution is 2.25. The van der Waals surface area contributed by atoms with Gasteiger partial charge in [0.25, 0.3) is 0 Å². The van der Waals surface area contributed by atoms with Crippen molar-refractivity contribution in [1.82, 2.24) is 5.32 Å². The van der Waals surface area contributed by atoms with Crippen LogP contribution in [0.2, 0.25) is 0 Å². The van der Waals surface area contributed by atoms with Crippen molar-refractivity contribution in [1.29, 1.82) is 0 Å². The number of nitrogens with one attached hydrogen (secondary N) is 1. The molecule has 2 rings (SSSR count). The predicted octanol–water partition coefficient (Wildman–Crippen LogP) is 2.60. The van der Waals surface area contributed by atoms with Crippen LogP contribution in [0.5, 0.6) is 0 Å². The Hall–Kier alpha value is -1.65. The van der Waals surface area contributed by atoms with E-state index in [4.69, 9.17) is 4.74 Å². The van der Waals surface area contributed by atoms with E-state index in [2.05, 4.69) is 5.32 Å². The third-order valence-corrected chi connectivity index (χ3v) is 3.48. The van der Waals surface area contributed by atoms with Crippen molar-refractivity contribution < 1.29 is 9.53 Å². The number of carbonyl (C=O) groups is 1. The third-order valence-electron chi connectivity index (χ3n) is 2.54. The molecule has 1 amide bonds. The lowest BCUT2D eigenvalue weighted by Crippen LogP contribution is -2.31. The van der Waals surface area contributed by atoms with Crippen molar-refractivity contribution in [2.24, 2.45) is 0 Å². The summed E-state index contributed by atoms with van der Waals surface area (Å²) in [4.78, 5) is 12.8. The van der Waals surface area contributed by atoms with Crippen LogP contribution in [0.15, 0.2) is 47.8 Å². The van der Waals surface area contributed by atoms with Crippen LogP contribution in [-0.2, 0) is 9.53 Å². The van der Waals surface area contributed by atoms with E-state index in [9.17, 15) is 4.79 Å². The van der Waals surface area contributed by atoms with Crippen LogP contribution < -0.4 is 5.32 Å². The Morgan fingerprint density at radius 3 is 2.67 bits per heavy atom. The molecular weight excluding hydrogens is 246 g/mol. The van der Waals surface area contributed by atoms with Crippen molar-refractivity contribution >= 4 is 17.2 Å². The van der Waals surface area contributed by atoms with Gasteiger partial charge in [0.05, 0.1) is 6.04 Å². The van der Waals surface area contributed by atoms with Crippen LogP contribution in [0.25, 0.3) is 0 Å². The molecule has 1 atom stereocenters. The van der Waals surface area contributed by atoms with E-state index < -0.39 is 0 Å². The first-order valence-corrected chi connectivity index (χ1v) is 6.56. The summed E-state index contributed by atoms with van der Waals surface area (Å²) >= 11 is 1.63. The summed E-state index contributed by atoms with van der Waals surface area (Å²) in [5.41, 5.74) is 1.07. The van der Waals surface area contributed by atoms with Gasteiger partial charge in [-0.3, -0.25) is 4.79 Å². The lowest BCUT2D eigenvalue weighted by molar-refractivity contribution is -0.125. The van der Waals surface area contributed by atoms with Crippen LogP contribution in [-0.4, -0.2) is 19.6 Å². The lowest BCUT2D eigenvalue weighted by atomic mass is 10.1. The minimum Gasteiger partial charge on any atom is -0.375 e. The molecule has 1 N–H and O–H groups in total. The number of methoxy groups -OCH3 is 1. The smallest absolute Gasteiger partial charge is 0.246 e. The van der Waals surface area contributed by atoms with E-state index in [-0.39, 0.29) is 18.6 Å². The monoisotopic (exact) mass is 261 g/mol. The first-order chi connectivity index (χ1) is 8.81. The van der Waals surface area contributed by atoms with Crippen molar-refractivity contribution in [3.05, 3.63) is 58.3 Å². The molecule has 0 fully saturated rings. The maximum Gasteiger partial charge on any atom is 0.246 e. The number of benzene rings is 1. The summed E-state index contributed by atoms with van der Waals surface area (Å²) in [6.45, 7) is 0.0781. The average molecular weight is 261 g/mol. The molecule has 1 aromatic carbocycles. The molecular formula is C14H15NO2S. The van der Waals surface area contributed by atoms with Gasteiger partial charge in [-0.2, -0.15) is 0 Å². The second-order valence-corrected chi connectivity index (χ2v) is 4.84. The standard InChI is InChI=1S/C14H15NO2S/c1-17-10-13(16)15-14(12-8-5-9-18-12)11-6-3-2-4-7-11/h2-9,14H,10H2,1H3,(H,15,16)/t14-/m1/s1. The molecule has 0 spiro atoms. The fourth-order valence-electron chi connectivity index (χ4n) is 1.75. The molecule has 94 valence electrons. The molecule has 0 bridgehead atoms. The van der Waals surface area contributed by atoms with Crippen molar-refractivity contribution in [2.75, 3.05) is 13.7 Å². The highest BCUT2D eigenvalue weighted by molar-refractivity contribution is 7.10. The molecule has 0 aliphatic carbocycles. The molecule has 0 saturated heterocycles. The number of rotatable bonds is 5.